The third kappa shape index (κ3) is 5.51. The molecule has 3 heterocycles. The van der Waals surface area contributed by atoms with Crippen LogP contribution in [0.25, 0.3) is 0 Å². The number of nitrogens with zero attached hydrogens (tertiary/aromatic N) is 5. The van der Waals surface area contributed by atoms with Crippen LogP contribution in [-0.4, -0.2) is 53.4 Å². The van der Waals surface area contributed by atoms with Crippen molar-refractivity contribution in [1.82, 2.24) is 19.6 Å². The number of rotatable bonds is 4. The molecule has 0 unspecified atom stereocenters. The lowest BCUT2D eigenvalue weighted by atomic mass is 10.3. The number of anilines is 1. The Morgan fingerprint density at radius 3 is 2.64 bits per heavy atom. The fourth-order valence-corrected chi connectivity index (χ4v) is 4.80. The highest BCUT2D eigenvalue weighted by molar-refractivity contribution is 14.0. The summed E-state index contributed by atoms with van der Waals surface area (Å²) in [5, 5.41) is 4.50. The largest absolute Gasteiger partial charge is 0.351 e. The van der Waals surface area contributed by atoms with Crippen LogP contribution in [0.5, 0.6) is 0 Å². The van der Waals surface area contributed by atoms with E-state index in [1.165, 1.54) is 16.4 Å². The van der Waals surface area contributed by atoms with E-state index in [1.54, 1.807) is 11.3 Å². The molecule has 1 aliphatic rings. The molecule has 3 rings (SSSR count). The van der Waals surface area contributed by atoms with Crippen molar-refractivity contribution in [3.8, 4) is 0 Å². The Hall–Kier alpha value is -0.460. The Bertz CT molecular complexity index is 696. The van der Waals surface area contributed by atoms with Gasteiger partial charge in [0.05, 0.1) is 10.3 Å². The molecule has 1 N–H and O–H groups in total. The Kier molecular flexibility index (Phi) is 8.36. The van der Waals surface area contributed by atoms with Crippen molar-refractivity contribution in [3.05, 3.63) is 26.6 Å². The number of thiophene rings is 1. The fourth-order valence-electron chi connectivity index (χ4n) is 2.57. The maximum Gasteiger partial charge on any atom is 0.205 e. The third-order valence-electron chi connectivity index (χ3n) is 3.88. The Labute approximate surface area is 182 Å². The monoisotopic (exact) mass is 556 g/mol. The van der Waals surface area contributed by atoms with Crippen molar-refractivity contribution < 1.29 is 0 Å². The first-order valence-electron chi connectivity index (χ1n) is 7.97. The fraction of sp³-hybridized carbons (Fsp3) is 0.533. The first-order valence-corrected chi connectivity index (χ1v) is 10.3. The van der Waals surface area contributed by atoms with Crippen LogP contribution in [0.4, 0.5) is 5.13 Å². The molecule has 0 amide bonds. The van der Waals surface area contributed by atoms with Gasteiger partial charge in [0.15, 0.2) is 5.96 Å². The average Bonchev–Trinajstić information content (AvgIpc) is 3.25. The number of piperazine rings is 1. The highest BCUT2D eigenvalue weighted by Gasteiger charge is 2.22. The second-order valence-electron chi connectivity index (χ2n) is 5.43. The Balaban J connectivity index is 0.00000225. The van der Waals surface area contributed by atoms with Crippen molar-refractivity contribution >= 4 is 73.9 Å². The first-order chi connectivity index (χ1) is 11.7. The number of aryl methyl sites for hydroxylation is 1. The molecule has 1 aliphatic heterocycles. The zero-order chi connectivity index (χ0) is 16.9. The van der Waals surface area contributed by atoms with E-state index in [1.807, 2.05) is 7.05 Å². The smallest absolute Gasteiger partial charge is 0.205 e. The van der Waals surface area contributed by atoms with Gasteiger partial charge in [-0.3, -0.25) is 4.99 Å². The molecule has 2 aromatic heterocycles. The summed E-state index contributed by atoms with van der Waals surface area (Å²) in [7, 11) is 1.84. The van der Waals surface area contributed by atoms with Gasteiger partial charge in [-0.25, -0.2) is 4.98 Å². The van der Waals surface area contributed by atoms with Crippen LogP contribution in [0.15, 0.2) is 20.9 Å². The Morgan fingerprint density at radius 2 is 2.08 bits per heavy atom. The topological polar surface area (TPSA) is 56.7 Å². The van der Waals surface area contributed by atoms with Gasteiger partial charge in [-0.2, -0.15) is 4.37 Å². The van der Waals surface area contributed by atoms with Gasteiger partial charge < -0.3 is 15.1 Å². The van der Waals surface area contributed by atoms with Crippen LogP contribution in [-0.2, 0) is 13.0 Å². The molecule has 1 saturated heterocycles. The lowest BCUT2D eigenvalue weighted by molar-refractivity contribution is 0.372. The standard InChI is InChI=1S/C15H21BrN6S2.HI/c1-3-13-19-15(24-20-13)22-8-6-21(7-9-22)14(17-2)18-10-11-4-5-12(16)23-11;/h4-5H,3,6-10H2,1-2H3,(H,17,18);1H. The number of halogens is 2. The lowest BCUT2D eigenvalue weighted by Crippen LogP contribution is -2.52. The molecule has 0 aromatic carbocycles. The zero-order valence-corrected chi connectivity index (χ0v) is 19.8. The van der Waals surface area contributed by atoms with Gasteiger partial charge >= 0.3 is 0 Å². The SMILES string of the molecule is CCc1nsc(N2CCN(C(=NC)NCc3ccc(Br)s3)CC2)n1.I. The van der Waals surface area contributed by atoms with Gasteiger partial charge in [-0.15, -0.1) is 35.3 Å². The van der Waals surface area contributed by atoms with Crippen LogP contribution < -0.4 is 10.2 Å². The highest BCUT2D eigenvalue weighted by atomic mass is 127. The molecular formula is C15H22BrIN6S2. The molecule has 138 valence electrons. The number of hydrogen-bond donors (Lipinski definition) is 1. The number of aliphatic imine (C=N–C) groups is 1. The van der Waals surface area contributed by atoms with Gasteiger partial charge in [0.25, 0.3) is 0 Å². The molecule has 0 aliphatic carbocycles. The highest BCUT2D eigenvalue weighted by Crippen LogP contribution is 2.22. The minimum Gasteiger partial charge on any atom is -0.351 e. The minimum atomic E-state index is 0. The van der Waals surface area contributed by atoms with E-state index in [2.05, 4.69) is 64.5 Å². The summed E-state index contributed by atoms with van der Waals surface area (Å²) in [6, 6.07) is 4.21. The van der Waals surface area contributed by atoms with Crippen molar-refractivity contribution in [2.75, 3.05) is 38.1 Å². The average molecular weight is 557 g/mol. The maximum absolute atomic E-state index is 4.59. The normalized spacial score (nSPS) is 15.2. The van der Waals surface area contributed by atoms with E-state index in [0.717, 1.165) is 59.8 Å². The van der Waals surface area contributed by atoms with E-state index in [4.69, 9.17) is 0 Å². The summed E-state index contributed by atoms with van der Waals surface area (Å²) in [5.74, 6) is 1.91. The molecule has 0 spiro atoms. The van der Waals surface area contributed by atoms with Gasteiger partial charge in [0.2, 0.25) is 5.13 Å². The molecule has 25 heavy (non-hydrogen) atoms. The van der Waals surface area contributed by atoms with Gasteiger partial charge in [-0.1, -0.05) is 6.92 Å². The quantitative estimate of drug-likeness (QED) is 0.355. The van der Waals surface area contributed by atoms with E-state index in [-0.39, 0.29) is 24.0 Å². The predicted octanol–water partition coefficient (Wildman–Crippen LogP) is 3.44. The van der Waals surface area contributed by atoms with Gasteiger partial charge in [0.1, 0.15) is 5.82 Å². The van der Waals surface area contributed by atoms with E-state index in [0.29, 0.717) is 0 Å². The molecule has 1 fully saturated rings. The number of aromatic nitrogens is 2. The minimum absolute atomic E-state index is 0. The molecular weight excluding hydrogens is 535 g/mol. The summed E-state index contributed by atoms with van der Waals surface area (Å²) >= 11 is 6.75. The van der Waals surface area contributed by atoms with Crippen molar-refractivity contribution in [3.63, 3.8) is 0 Å². The molecule has 0 bridgehead atoms. The number of guanidine groups is 1. The number of hydrogen-bond acceptors (Lipinski definition) is 6. The summed E-state index contributed by atoms with van der Waals surface area (Å²) in [5.41, 5.74) is 0. The van der Waals surface area contributed by atoms with Crippen LogP contribution >= 0.6 is 62.8 Å². The third-order valence-corrected chi connectivity index (χ3v) is 6.32. The van der Waals surface area contributed by atoms with E-state index < -0.39 is 0 Å². The van der Waals surface area contributed by atoms with E-state index >= 15 is 0 Å². The summed E-state index contributed by atoms with van der Waals surface area (Å²) in [6.07, 6.45) is 0.895. The first kappa shape index (κ1) is 20.8. The predicted molar refractivity (Wildman–Crippen MR) is 121 cm³/mol. The van der Waals surface area contributed by atoms with Crippen LogP contribution in [0, 0.1) is 0 Å². The second-order valence-corrected chi connectivity index (χ2v) is 8.71. The van der Waals surface area contributed by atoms with Crippen LogP contribution in [0.1, 0.15) is 17.6 Å². The molecule has 0 saturated carbocycles. The molecule has 2 aromatic rings. The summed E-state index contributed by atoms with van der Waals surface area (Å²) in [6.45, 7) is 6.67. The van der Waals surface area contributed by atoms with Gasteiger partial charge in [0, 0.05) is 56.1 Å². The Morgan fingerprint density at radius 1 is 1.32 bits per heavy atom. The molecule has 10 heteroatoms. The maximum atomic E-state index is 4.59. The van der Waals surface area contributed by atoms with Crippen molar-refractivity contribution in [1.29, 1.82) is 0 Å². The van der Waals surface area contributed by atoms with Gasteiger partial charge in [-0.05, 0) is 28.1 Å². The molecule has 6 nitrogen and oxygen atoms in total. The van der Waals surface area contributed by atoms with Crippen LogP contribution in [0.3, 0.4) is 0 Å². The van der Waals surface area contributed by atoms with Crippen molar-refractivity contribution in [2.24, 2.45) is 4.99 Å². The second kappa shape index (κ2) is 10.0. The summed E-state index contributed by atoms with van der Waals surface area (Å²) < 4.78 is 5.54. The lowest BCUT2D eigenvalue weighted by Gasteiger charge is -2.36. The zero-order valence-electron chi connectivity index (χ0n) is 14.2. The van der Waals surface area contributed by atoms with E-state index in [9.17, 15) is 0 Å². The van der Waals surface area contributed by atoms with Crippen LogP contribution in [0.2, 0.25) is 0 Å². The molecule has 0 radical (unpaired) electrons. The molecule has 0 atom stereocenters. The number of nitrogens with one attached hydrogen (secondary N) is 1. The van der Waals surface area contributed by atoms with Crippen molar-refractivity contribution in [2.45, 2.75) is 19.9 Å². The summed E-state index contributed by atoms with van der Waals surface area (Å²) in [4.78, 5) is 14.9.